The Balaban J connectivity index is 2.39. The summed E-state index contributed by atoms with van der Waals surface area (Å²) in [5, 5.41) is 0. The number of unbranched alkanes of at least 4 members (excludes halogenated alkanes) is 1. The number of rotatable bonds is 4. The minimum absolute atomic E-state index is 0.0449. The van der Waals surface area contributed by atoms with Crippen LogP contribution in [0.1, 0.15) is 26.7 Å². The normalized spacial score (nSPS) is 27.9. The van der Waals surface area contributed by atoms with Crippen molar-refractivity contribution in [2.45, 2.75) is 26.7 Å². The first-order valence-corrected chi connectivity index (χ1v) is 5.49. The van der Waals surface area contributed by atoms with Gasteiger partial charge >= 0.3 is 5.97 Å². The number of ether oxygens (including phenoxy) is 1. The molecule has 0 saturated carbocycles. The molecule has 1 heterocycles. The van der Waals surface area contributed by atoms with Gasteiger partial charge in [-0.3, -0.25) is 4.79 Å². The Labute approximate surface area is 86.4 Å². The molecule has 0 N–H and O–H groups in total. The fraction of sp³-hybridized carbons (Fsp3) is 0.909. The molecule has 14 heavy (non-hydrogen) atoms. The SMILES string of the molecule is CCCCN1CC(C)C(C(=O)OC)C1. The summed E-state index contributed by atoms with van der Waals surface area (Å²) in [6.07, 6.45) is 2.44. The lowest BCUT2D eigenvalue weighted by Gasteiger charge is -2.14. The first kappa shape index (κ1) is 11.5. The zero-order chi connectivity index (χ0) is 10.6. The summed E-state index contributed by atoms with van der Waals surface area (Å²) in [5.41, 5.74) is 0. The number of hydrogen-bond donors (Lipinski definition) is 0. The summed E-state index contributed by atoms with van der Waals surface area (Å²) in [6.45, 7) is 7.37. The Kier molecular flexibility index (Phi) is 4.39. The molecule has 1 rings (SSSR count). The number of carbonyl (C=O) groups is 1. The van der Waals surface area contributed by atoms with Crippen LogP contribution in [-0.4, -0.2) is 37.6 Å². The van der Waals surface area contributed by atoms with Crippen molar-refractivity contribution in [3.8, 4) is 0 Å². The molecule has 1 saturated heterocycles. The molecule has 0 aromatic rings. The molecule has 3 heteroatoms. The van der Waals surface area contributed by atoms with Gasteiger partial charge in [-0.1, -0.05) is 20.3 Å². The number of methoxy groups -OCH3 is 1. The van der Waals surface area contributed by atoms with Crippen LogP contribution in [0.4, 0.5) is 0 Å². The second kappa shape index (κ2) is 5.35. The van der Waals surface area contributed by atoms with Gasteiger partial charge in [0, 0.05) is 13.1 Å². The fourth-order valence-electron chi connectivity index (χ4n) is 2.09. The zero-order valence-corrected chi connectivity index (χ0v) is 9.45. The van der Waals surface area contributed by atoms with Crippen LogP contribution < -0.4 is 0 Å². The van der Waals surface area contributed by atoms with Gasteiger partial charge in [0.2, 0.25) is 0 Å². The van der Waals surface area contributed by atoms with Crippen molar-refractivity contribution in [2.75, 3.05) is 26.7 Å². The van der Waals surface area contributed by atoms with Crippen LogP contribution in [0.2, 0.25) is 0 Å². The summed E-state index contributed by atoms with van der Waals surface area (Å²) in [4.78, 5) is 13.8. The smallest absolute Gasteiger partial charge is 0.310 e. The van der Waals surface area contributed by atoms with Crippen molar-refractivity contribution in [3.05, 3.63) is 0 Å². The maximum absolute atomic E-state index is 11.4. The first-order chi connectivity index (χ1) is 6.69. The second-order valence-electron chi connectivity index (χ2n) is 4.22. The largest absolute Gasteiger partial charge is 0.469 e. The van der Waals surface area contributed by atoms with Crippen LogP contribution in [-0.2, 0) is 9.53 Å². The van der Waals surface area contributed by atoms with Gasteiger partial charge in [0.05, 0.1) is 13.0 Å². The summed E-state index contributed by atoms with van der Waals surface area (Å²) in [5.74, 6) is 0.493. The monoisotopic (exact) mass is 199 g/mol. The average Bonchev–Trinajstić information content (AvgIpc) is 2.55. The molecule has 0 amide bonds. The lowest BCUT2D eigenvalue weighted by Crippen LogP contribution is -2.25. The fourth-order valence-corrected chi connectivity index (χ4v) is 2.09. The Morgan fingerprint density at radius 2 is 2.21 bits per heavy atom. The highest BCUT2D eigenvalue weighted by Crippen LogP contribution is 2.24. The molecule has 3 nitrogen and oxygen atoms in total. The molecule has 0 aromatic carbocycles. The van der Waals surface area contributed by atoms with Gasteiger partial charge in [0.15, 0.2) is 0 Å². The Morgan fingerprint density at radius 3 is 2.79 bits per heavy atom. The van der Waals surface area contributed by atoms with Gasteiger partial charge in [-0.2, -0.15) is 0 Å². The third-order valence-electron chi connectivity index (χ3n) is 3.02. The number of nitrogens with zero attached hydrogens (tertiary/aromatic N) is 1. The molecule has 1 fully saturated rings. The van der Waals surface area contributed by atoms with E-state index in [4.69, 9.17) is 4.74 Å². The van der Waals surface area contributed by atoms with Crippen molar-refractivity contribution < 1.29 is 9.53 Å². The van der Waals surface area contributed by atoms with Crippen molar-refractivity contribution >= 4 is 5.97 Å². The van der Waals surface area contributed by atoms with Crippen LogP contribution >= 0.6 is 0 Å². The molecular formula is C11H21NO2. The molecule has 0 radical (unpaired) electrons. The molecule has 2 atom stereocenters. The number of hydrogen-bond acceptors (Lipinski definition) is 3. The van der Waals surface area contributed by atoms with E-state index in [1.54, 1.807) is 0 Å². The van der Waals surface area contributed by atoms with Crippen molar-refractivity contribution in [3.63, 3.8) is 0 Å². The summed E-state index contributed by atoms with van der Waals surface area (Å²) >= 11 is 0. The van der Waals surface area contributed by atoms with Gasteiger partial charge in [0.25, 0.3) is 0 Å². The topological polar surface area (TPSA) is 29.5 Å². The van der Waals surface area contributed by atoms with Crippen molar-refractivity contribution in [2.24, 2.45) is 11.8 Å². The maximum Gasteiger partial charge on any atom is 0.310 e. The Bertz CT molecular complexity index is 194. The predicted octanol–water partition coefficient (Wildman–Crippen LogP) is 1.53. The highest BCUT2D eigenvalue weighted by atomic mass is 16.5. The van der Waals surface area contributed by atoms with E-state index in [1.807, 2.05) is 0 Å². The molecule has 1 aliphatic rings. The third kappa shape index (κ3) is 2.71. The maximum atomic E-state index is 11.4. The predicted molar refractivity (Wildman–Crippen MR) is 56.0 cm³/mol. The van der Waals surface area contributed by atoms with E-state index >= 15 is 0 Å². The van der Waals surface area contributed by atoms with Crippen molar-refractivity contribution in [1.82, 2.24) is 4.90 Å². The van der Waals surface area contributed by atoms with Crippen LogP contribution in [0.25, 0.3) is 0 Å². The van der Waals surface area contributed by atoms with Crippen LogP contribution in [0.3, 0.4) is 0 Å². The Morgan fingerprint density at radius 1 is 1.50 bits per heavy atom. The molecule has 2 unspecified atom stereocenters. The van der Waals surface area contributed by atoms with Gasteiger partial charge in [-0.25, -0.2) is 0 Å². The van der Waals surface area contributed by atoms with E-state index in [-0.39, 0.29) is 11.9 Å². The number of carbonyl (C=O) groups excluding carboxylic acids is 1. The molecule has 0 aromatic heterocycles. The minimum Gasteiger partial charge on any atom is -0.469 e. The van der Waals surface area contributed by atoms with Crippen LogP contribution in [0.5, 0.6) is 0 Å². The van der Waals surface area contributed by atoms with Gasteiger partial charge in [0.1, 0.15) is 0 Å². The van der Waals surface area contributed by atoms with E-state index in [1.165, 1.54) is 20.0 Å². The van der Waals surface area contributed by atoms with Crippen LogP contribution in [0, 0.1) is 11.8 Å². The average molecular weight is 199 g/mol. The Hall–Kier alpha value is -0.570. The van der Waals surface area contributed by atoms with Gasteiger partial charge in [-0.05, 0) is 18.9 Å². The lowest BCUT2D eigenvalue weighted by molar-refractivity contribution is -0.146. The molecular weight excluding hydrogens is 178 g/mol. The highest BCUT2D eigenvalue weighted by molar-refractivity contribution is 5.73. The van der Waals surface area contributed by atoms with E-state index in [0.717, 1.165) is 19.6 Å². The number of esters is 1. The van der Waals surface area contributed by atoms with E-state index < -0.39 is 0 Å². The van der Waals surface area contributed by atoms with Gasteiger partial charge in [-0.15, -0.1) is 0 Å². The highest BCUT2D eigenvalue weighted by Gasteiger charge is 2.34. The summed E-state index contributed by atoms with van der Waals surface area (Å²) in [7, 11) is 1.48. The van der Waals surface area contributed by atoms with Crippen LogP contribution in [0.15, 0.2) is 0 Å². The summed E-state index contributed by atoms with van der Waals surface area (Å²) in [6, 6.07) is 0. The van der Waals surface area contributed by atoms with E-state index in [0.29, 0.717) is 5.92 Å². The van der Waals surface area contributed by atoms with E-state index in [9.17, 15) is 4.79 Å². The quantitative estimate of drug-likeness (QED) is 0.643. The van der Waals surface area contributed by atoms with Crippen molar-refractivity contribution in [1.29, 1.82) is 0 Å². The molecule has 1 aliphatic heterocycles. The second-order valence-corrected chi connectivity index (χ2v) is 4.22. The zero-order valence-electron chi connectivity index (χ0n) is 9.45. The lowest BCUT2D eigenvalue weighted by atomic mass is 9.99. The first-order valence-electron chi connectivity index (χ1n) is 5.49. The molecule has 0 bridgehead atoms. The molecule has 0 aliphatic carbocycles. The minimum atomic E-state index is -0.0449. The van der Waals surface area contributed by atoms with Gasteiger partial charge < -0.3 is 9.64 Å². The standard InChI is InChI=1S/C11H21NO2/c1-4-5-6-12-7-9(2)10(8-12)11(13)14-3/h9-10H,4-8H2,1-3H3. The third-order valence-corrected chi connectivity index (χ3v) is 3.02. The molecule has 82 valence electrons. The van der Waals surface area contributed by atoms with E-state index in [2.05, 4.69) is 18.7 Å². The summed E-state index contributed by atoms with van der Waals surface area (Å²) < 4.78 is 4.79. The molecule has 0 spiro atoms. The number of likely N-dealkylation sites (tertiary alicyclic amines) is 1.